The zero-order chi connectivity index (χ0) is 18.6. The van der Waals surface area contributed by atoms with E-state index in [0.717, 1.165) is 29.7 Å². The van der Waals surface area contributed by atoms with Crippen LogP contribution >= 0.6 is 0 Å². The summed E-state index contributed by atoms with van der Waals surface area (Å²) in [5, 5.41) is 2.98. The van der Waals surface area contributed by atoms with Crippen LogP contribution in [0.15, 0.2) is 54.6 Å². The number of likely N-dealkylation sites (N-methyl/N-ethyl adjacent to an activating group) is 1. The predicted octanol–water partition coefficient (Wildman–Crippen LogP) is 3.45. The highest BCUT2D eigenvalue weighted by Gasteiger charge is 2.50. The van der Waals surface area contributed by atoms with Gasteiger partial charge in [0.1, 0.15) is 0 Å². The number of hydrogen-bond acceptors (Lipinski definition) is 2. The minimum absolute atomic E-state index is 0.00630. The molecular weight excluding hydrogens is 324 g/mol. The molecule has 1 aliphatic heterocycles. The quantitative estimate of drug-likeness (QED) is 0.778. The normalized spacial score (nSPS) is 18.7. The summed E-state index contributed by atoms with van der Waals surface area (Å²) in [5.41, 5.74) is 2.06. The highest BCUT2D eigenvalue weighted by atomic mass is 16.2. The molecule has 136 valence electrons. The molecule has 0 unspecified atom stereocenters. The van der Waals surface area contributed by atoms with Crippen LogP contribution in [0.1, 0.15) is 37.3 Å². The van der Waals surface area contributed by atoms with Crippen LogP contribution in [0, 0.1) is 0 Å². The Hall–Kier alpha value is -2.62. The number of carbonyl (C=O) groups excluding carboxylic acids is 2. The second-order valence-electron chi connectivity index (χ2n) is 7.01. The Labute approximate surface area is 155 Å². The third-order valence-corrected chi connectivity index (χ3v) is 5.16. The van der Waals surface area contributed by atoms with Crippen LogP contribution in [0.25, 0.3) is 0 Å². The molecule has 4 nitrogen and oxygen atoms in total. The molecule has 3 rings (SSSR count). The number of nitrogens with one attached hydrogen (secondary N) is 1. The van der Waals surface area contributed by atoms with Crippen molar-refractivity contribution in [2.45, 2.75) is 38.0 Å². The lowest BCUT2D eigenvalue weighted by Gasteiger charge is -2.28. The van der Waals surface area contributed by atoms with Gasteiger partial charge < -0.3 is 10.2 Å². The summed E-state index contributed by atoms with van der Waals surface area (Å²) in [6, 6.07) is 17.8. The number of anilines is 1. The Balaban J connectivity index is 1.97. The first-order valence-corrected chi connectivity index (χ1v) is 9.27. The smallest absolute Gasteiger partial charge is 0.238 e. The first-order chi connectivity index (χ1) is 12.6. The van der Waals surface area contributed by atoms with Gasteiger partial charge in [0.25, 0.3) is 0 Å². The maximum absolute atomic E-state index is 13.3. The van der Waals surface area contributed by atoms with E-state index in [2.05, 4.69) is 12.2 Å². The van der Waals surface area contributed by atoms with Gasteiger partial charge in [0.15, 0.2) is 0 Å². The third-order valence-electron chi connectivity index (χ3n) is 5.16. The summed E-state index contributed by atoms with van der Waals surface area (Å²) < 4.78 is 0. The van der Waals surface area contributed by atoms with E-state index in [1.807, 2.05) is 54.6 Å². The molecule has 4 heteroatoms. The van der Waals surface area contributed by atoms with Crippen molar-refractivity contribution < 1.29 is 9.59 Å². The summed E-state index contributed by atoms with van der Waals surface area (Å²) in [6.45, 7) is 2.75. The second-order valence-corrected chi connectivity index (χ2v) is 7.01. The molecule has 2 aromatic rings. The maximum Gasteiger partial charge on any atom is 0.238 e. The van der Waals surface area contributed by atoms with E-state index < -0.39 is 5.41 Å². The van der Waals surface area contributed by atoms with Crippen molar-refractivity contribution in [2.24, 2.45) is 0 Å². The van der Waals surface area contributed by atoms with Crippen LogP contribution in [-0.4, -0.2) is 25.4 Å². The molecular formula is C22H26N2O2. The standard InChI is InChI=1S/C22H26N2O2/c1-3-4-14-23-20(25)16-22(15-17-10-6-5-7-11-17)18-12-8-9-13-19(18)24(2)21(22)26/h5-13H,3-4,14-16H2,1-2H3,(H,23,25)/t22-/m0/s1. The predicted molar refractivity (Wildman–Crippen MR) is 104 cm³/mol. The summed E-state index contributed by atoms with van der Waals surface area (Å²) in [7, 11) is 1.79. The van der Waals surface area contributed by atoms with Gasteiger partial charge in [-0.15, -0.1) is 0 Å². The number of rotatable bonds is 7. The third kappa shape index (κ3) is 3.36. The fourth-order valence-electron chi connectivity index (χ4n) is 3.81. The minimum atomic E-state index is -0.844. The van der Waals surface area contributed by atoms with E-state index >= 15 is 0 Å². The number of amides is 2. The largest absolute Gasteiger partial charge is 0.356 e. The van der Waals surface area contributed by atoms with Gasteiger partial charge in [0.2, 0.25) is 11.8 Å². The fourth-order valence-corrected chi connectivity index (χ4v) is 3.81. The molecule has 0 aliphatic carbocycles. The van der Waals surface area contributed by atoms with Crippen molar-refractivity contribution in [3.8, 4) is 0 Å². The number of nitrogens with zero attached hydrogens (tertiary/aromatic N) is 1. The van der Waals surface area contributed by atoms with Gasteiger partial charge >= 0.3 is 0 Å². The van der Waals surface area contributed by atoms with Crippen molar-refractivity contribution in [1.82, 2.24) is 5.32 Å². The van der Waals surface area contributed by atoms with Crippen molar-refractivity contribution in [1.29, 1.82) is 0 Å². The summed E-state index contributed by atoms with van der Waals surface area (Å²) >= 11 is 0. The molecule has 1 heterocycles. The van der Waals surface area contributed by atoms with Crippen LogP contribution in [0.2, 0.25) is 0 Å². The molecule has 1 N–H and O–H groups in total. The van der Waals surface area contributed by atoms with Gasteiger partial charge in [0, 0.05) is 25.7 Å². The number of hydrogen-bond donors (Lipinski definition) is 1. The number of benzene rings is 2. The van der Waals surface area contributed by atoms with Crippen LogP contribution in [0.5, 0.6) is 0 Å². The molecule has 0 saturated carbocycles. The van der Waals surface area contributed by atoms with Crippen LogP contribution in [-0.2, 0) is 21.4 Å². The molecule has 0 radical (unpaired) electrons. The van der Waals surface area contributed by atoms with E-state index in [1.54, 1.807) is 11.9 Å². The van der Waals surface area contributed by atoms with Crippen molar-refractivity contribution in [2.75, 3.05) is 18.5 Å². The van der Waals surface area contributed by atoms with Gasteiger partial charge in [-0.3, -0.25) is 9.59 Å². The monoisotopic (exact) mass is 350 g/mol. The zero-order valence-electron chi connectivity index (χ0n) is 15.5. The Kier molecular flexibility index (Phi) is 5.40. The zero-order valence-corrected chi connectivity index (χ0v) is 15.5. The molecule has 1 aliphatic rings. The SMILES string of the molecule is CCCCNC(=O)C[C@]1(Cc2ccccc2)C(=O)N(C)c2ccccc21. The Morgan fingerprint density at radius 1 is 1.08 bits per heavy atom. The average molecular weight is 350 g/mol. The van der Waals surface area contributed by atoms with E-state index in [0.29, 0.717) is 13.0 Å². The van der Waals surface area contributed by atoms with Gasteiger partial charge in [-0.1, -0.05) is 61.9 Å². The number of unbranched alkanes of at least 4 members (excludes halogenated alkanes) is 1. The average Bonchev–Trinajstić information content (AvgIpc) is 2.85. The van der Waals surface area contributed by atoms with Gasteiger partial charge in [-0.25, -0.2) is 0 Å². The molecule has 0 spiro atoms. The first kappa shape index (κ1) is 18.2. The molecule has 0 aromatic heterocycles. The molecule has 0 fully saturated rings. The van der Waals surface area contributed by atoms with Crippen molar-refractivity contribution in [3.05, 3.63) is 65.7 Å². The van der Waals surface area contributed by atoms with E-state index in [9.17, 15) is 9.59 Å². The minimum Gasteiger partial charge on any atom is -0.356 e. The highest BCUT2D eigenvalue weighted by Crippen LogP contribution is 2.45. The Bertz CT molecular complexity index is 788. The fraction of sp³-hybridized carbons (Fsp3) is 0.364. The van der Waals surface area contributed by atoms with E-state index in [4.69, 9.17) is 0 Å². The first-order valence-electron chi connectivity index (χ1n) is 9.27. The molecule has 2 aromatic carbocycles. The van der Waals surface area contributed by atoms with E-state index in [1.165, 1.54) is 0 Å². The number of fused-ring (bicyclic) bond motifs is 1. The molecule has 0 saturated heterocycles. The molecule has 0 bridgehead atoms. The molecule has 2 amide bonds. The van der Waals surface area contributed by atoms with Gasteiger partial charge in [-0.2, -0.15) is 0 Å². The Morgan fingerprint density at radius 2 is 1.77 bits per heavy atom. The van der Waals surface area contributed by atoms with Crippen molar-refractivity contribution in [3.63, 3.8) is 0 Å². The second kappa shape index (κ2) is 7.73. The lowest BCUT2D eigenvalue weighted by molar-refractivity contribution is -0.129. The number of carbonyl (C=O) groups is 2. The van der Waals surface area contributed by atoms with Crippen LogP contribution < -0.4 is 10.2 Å². The summed E-state index contributed by atoms with van der Waals surface area (Å²) in [5.74, 6) is -0.0685. The van der Waals surface area contributed by atoms with Crippen LogP contribution in [0.4, 0.5) is 5.69 Å². The summed E-state index contributed by atoms with van der Waals surface area (Å²) in [6.07, 6.45) is 2.67. The molecule has 1 atom stereocenters. The Morgan fingerprint density at radius 3 is 2.50 bits per heavy atom. The number of para-hydroxylation sites is 1. The van der Waals surface area contributed by atoms with Gasteiger partial charge in [0.05, 0.1) is 5.41 Å². The van der Waals surface area contributed by atoms with Gasteiger partial charge in [-0.05, 0) is 30.0 Å². The lowest BCUT2D eigenvalue weighted by Crippen LogP contribution is -2.44. The van der Waals surface area contributed by atoms with E-state index in [-0.39, 0.29) is 18.2 Å². The highest BCUT2D eigenvalue weighted by molar-refractivity contribution is 6.09. The molecule has 26 heavy (non-hydrogen) atoms. The topological polar surface area (TPSA) is 49.4 Å². The summed E-state index contributed by atoms with van der Waals surface area (Å²) in [4.78, 5) is 27.6. The van der Waals surface area contributed by atoms with Crippen LogP contribution in [0.3, 0.4) is 0 Å². The maximum atomic E-state index is 13.3. The lowest BCUT2D eigenvalue weighted by atomic mass is 9.73. The van der Waals surface area contributed by atoms with Crippen molar-refractivity contribution >= 4 is 17.5 Å².